The van der Waals surface area contributed by atoms with Gasteiger partial charge < -0.3 is 9.64 Å². The number of hydrogen-bond donors (Lipinski definition) is 0. The minimum Gasteiger partial charge on any atom is -0.465 e. The molecule has 4 nitrogen and oxygen atoms in total. The van der Waals surface area contributed by atoms with Gasteiger partial charge >= 0.3 is 5.97 Å². The summed E-state index contributed by atoms with van der Waals surface area (Å²) in [5, 5.41) is 0. The Bertz CT molecular complexity index is 366. The highest BCUT2D eigenvalue weighted by Gasteiger charge is 2.50. The first kappa shape index (κ1) is 19.7. The highest BCUT2D eigenvalue weighted by atomic mass is 16.5. The van der Waals surface area contributed by atoms with Gasteiger partial charge in [-0.3, -0.25) is 9.59 Å². The molecule has 0 aromatic heterocycles. The lowest BCUT2D eigenvalue weighted by Gasteiger charge is -2.42. The Morgan fingerprint density at radius 2 is 1.67 bits per heavy atom. The van der Waals surface area contributed by atoms with Gasteiger partial charge in [0.1, 0.15) is 5.92 Å². The summed E-state index contributed by atoms with van der Waals surface area (Å²) < 4.78 is 5.11. The number of rotatable bonds is 1. The van der Waals surface area contributed by atoms with Gasteiger partial charge in [0.05, 0.1) is 6.61 Å². The summed E-state index contributed by atoms with van der Waals surface area (Å²) in [6, 6.07) is 0. The quantitative estimate of drug-likeness (QED) is 0.424. The van der Waals surface area contributed by atoms with Crippen molar-refractivity contribution in [2.24, 2.45) is 17.3 Å². The molecule has 1 saturated heterocycles. The van der Waals surface area contributed by atoms with E-state index in [0.717, 1.165) is 0 Å². The Morgan fingerprint density at radius 1 is 1.19 bits per heavy atom. The molecule has 2 rings (SSSR count). The molecule has 0 bridgehead atoms. The summed E-state index contributed by atoms with van der Waals surface area (Å²) >= 11 is 0. The van der Waals surface area contributed by atoms with Crippen LogP contribution in [0.3, 0.4) is 0 Å². The molecule has 2 heterocycles. The lowest BCUT2D eigenvalue weighted by atomic mass is 9.68. The summed E-state index contributed by atoms with van der Waals surface area (Å²) in [6.45, 7) is 15.6. The molecule has 1 fully saturated rings. The average molecular weight is 297 g/mol. The van der Waals surface area contributed by atoms with Crippen molar-refractivity contribution in [2.45, 2.75) is 48.5 Å². The van der Waals surface area contributed by atoms with E-state index >= 15 is 0 Å². The monoisotopic (exact) mass is 297 g/mol. The molecule has 4 heteroatoms. The lowest BCUT2D eigenvalue weighted by Crippen LogP contribution is -2.52. The van der Waals surface area contributed by atoms with Crippen LogP contribution in [0.25, 0.3) is 0 Å². The molecular formula is C17H31NO3. The molecule has 0 aromatic rings. The molecule has 0 saturated carbocycles. The highest BCUT2D eigenvalue weighted by Crippen LogP contribution is 2.40. The fraction of sp³-hybridized carbons (Fsp3) is 0.765. The van der Waals surface area contributed by atoms with Crippen molar-refractivity contribution in [1.82, 2.24) is 4.90 Å². The molecular weight excluding hydrogens is 266 g/mol. The van der Waals surface area contributed by atoms with Crippen molar-refractivity contribution in [1.29, 1.82) is 0 Å². The van der Waals surface area contributed by atoms with Gasteiger partial charge in [0.2, 0.25) is 5.91 Å². The second kappa shape index (κ2) is 8.85. The Balaban J connectivity index is 0.000000921. The van der Waals surface area contributed by atoms with Crippen molar-refractivity contribution in [3.63, 3.8) is 0 Å². The molecule has 2 atom stereocenters. The van der Waals surface area contributed by atoms with Crippen LogP contribution >= 0.6 is 0 Å². The normalized spacial score (nSPS) is 26.0. The van der Waals surface area contributed by atoms with Gasteiger partial charge in [-0.05, 0) is 11.3 Å². The van der Waals surface area contributed by atoms with Crippen LogP contribution in [0.4, 0.5) is 0 Å². The predicted octanol–water partition coefficient (Wildman–Crippen LogP) is 3.27. The Kier molecular flexibility index (Phi) is 8.30. The zero-order valence-corrected chi connectivity index (χ0v) is 14.6. The molecule has 0 spiro atoms. The smallest absolute Gasteiger partial charge is 0.319 e. The van der Waals surface area contributed by atoms with Gasteiger partial charge in [-0.25, -0.2) is 0 Å². The number of carbonyl (C=O) groups is 2. The number of ether oxygens (including phenoxy) is 1. The largest absolute Gasteiger partial charge is 0.465 e. The first-order chi connectivity index (χ1) is 9.94. The van der Waals surface area contributed by atoms with Crippen LogP contribution in [0.5, 0.6) is 0 Å². The number of amides is 1. The van der Waals surface area contributed by atoms with Crippen LogP contribution in [0.15, 0.2) is 12.2 Å². The summed E-state index contributed by atoms with van der Waals surface area (Å²) in [4.78, 5) is 25.9. The molecule has 0 radical (unpaired) electrons. The summed E-state index contributed by atoms with van der Waals surface area (Å²) in [7, 11) is 0. The Hall–Kier alpha value is -1.32. The van der Waals surface area contributed by atoms with Crippen molar-refractivity contribution < 1.29 is 14.3 Å². The van der Waals surface area contributed by atoms with E-state index in [1.807, 2.05) is 60.6 Å². The Labute approximate surface area is 129 Å². The van der Waals surface area contributed by atoms with E-state index in [2.05, 4.69) is 0 Å². The van der Waals surface area contributed by atoms with Crippen LogP contribution in [0.2, 0.25) is 0 Å². The standard InChI is InChI=1S/C13H19NO3.2C2H6/c1-9-8-17-12(16)10(13(9,2)3)11(15)14-6-4-5-7-14;2*1-2/h4-5,9-10H,6-8H2,1-3H3;2*1-2H3/t9-,10+;;/m1../s1. The Morgan fingerprint density at radius 3 is 2.14 bits per heavy atom. The number of cyclic esters (lactones) is 1. The fourth-order valence-electron chi connectivity index (χ4n) is 2.35. The molecule has 0 unspecified atom stereocenters. The molecule has 122 valence electrons. The number of esters is 1. The predicted molar refractivity (Wildman–Crippen MR) is 85.8 cm³/mol. The van der Waals surface area contributed by atoms with Gasteiger partial charge in [-0.2, -0.15) is 0 Å². The summed E-state index contributed by atoms with van der Waals surface area (Å²) in [5.74, 6) is -0.933. The zero-order valence-electron chi connectivity index (χ0n) is 14.6. The van der Waals surface area contributed by atoms with Crippen LogP contribution in [0, 0.1) is 17.3 Å². The van der Waals surface area contributed by atoms with E-state index in [1.165, 1.54) is 0 Å². The molecule has 0 aliphatic carbocycles. The van der Waals surface area contributed by atoms with Gasteiger partial charge in [0.15, 0.2) is 0 Å². The number of nitrogens with zero attached hydrogens (tertiary/aromatic N) is 1. The van der Waals surface area contributed by atoms with Crippen LogP contribution in [-0.2, 0) is 14.3 Å². The SMILES string of the molecule is CC.CC.C[C@@H]1COC(=O)[C@H](C(=O)N2CC=CC2)C1(C)C. The van der Waals surface area contributed by atoms with Crippen molar-refractivity contribution in [2.75, 3.05) is 19.7 Å². The van der Waals surface area contributed by atoms with Gasteiger partial charge in [-0.1, -0.05) is 60.6 Å². The molecule has 2 aliphatic heterocycles. The van der Waals surface area contributed by atoms with Gasteiger partial charge in [-0.15, -0.1) is 0 Å². The van der Waals surface area contributed by atoms with Gasteiger partial charge in [0, 0.05) is 13.1 Å². The molecule has 0 N–H and O–H groups in total. The molecule has 0 aromatic carbocycles. The molecule has 1 amide bonds. The zero-order chi connectivity index (χ0) is 16.6. The maximum absolute atomic E-state index is 12.4. The van der Waals surface area contributed by atoms with Crippen molar-refractivity contribution in [3.8, 4) is 0 Å². The van der Waals surface area contributed by atoms with E-state index in [4.69, 9.17) is 4.74 Å². The molecule has 21 heavy (non-hydrogen) atoms. The van der Waals surface area contributed by atoms with Crippen LogP contribution in [0.1, 0.15) is 48.5 Å². The van der Waals surface area contributed by atoms with Crippen molar-refractivity contribution >= 4 is 11.9 Å². The summed E-state index contributed by atoms with van der Waals surface area (Å²) in [6.07, 6.45) is 3.89. The van der Waals surface area contributed by atoms with Gasteiger partial charge in [0.25, 0.3) is 0 Å². The third-order valence-electron chi connectivity index (χ3n) is 4.10. The van der Waals surface area contributed by atoms with E-state index in [0.29, 0.717) is 19.7 Å². The van der Waals surface area contributed by atoms with E-state index < -0.39 is 5.92 Å². The highest BCUT2D eigenvalue weighted by molar-refractivity contribution is 5.99. The van der Waals surface area contributed by atoms with E-state index in [9.17, 15) is 9.59 Å². The average Bonchev–Trinajstić information content (AvgIpc) is 3.01. The van der Waals surface area contributed by atoms with Crippen molar-refractivity contribution in [3.05, 3.63) is 12.2 Å². The fourth-order valence-corrected chi connectivity index (χ4v) is 2.35. The maximum atomic E-state index is 12.4. The van der Waals surface area contributed by atoms with Crippen LogP contribution < -0.4 is 0 Å². The molecule has 2 aliphatic rings. The van der Waals surface area contributed by atoms with Crippen LogP contribution in [-0.4, -0.2) is 36.5 Å². The maximum Gasteiger partial charge on any atom is 0.319 e. The second-order valence-corrected chi connectivity index (χ2v) is 5.50. The van der Waals surface area contributed by atoms with E-state index in [1.54, 1.807) is 4.90 Å². The minimum absolute atomic E-state index is 0.100. The minimum atomic E-state index is -0.661. The third kappa shape index (κ3) is 4.32. The lowest BCUT2D eigenvalue weighted by molar-refractivity contribution is -0.174. The topological polar surface area (TPSA) is 46.6 Å². The number of hydrogen-bond acceptors (Lipinski definition) is 3. The second-order valence-electron chi connectivity index (χ2n) is 5.50. The van der Waals surface area contributed by atoms with E-state index in [-0.39, 0.29) is 23.2 Å². The third-order valence-corrected chi connectivity index (χ3v) is 4.10. The number of carbonyl (C=O) groups excluding carboxylic acids is 2. The summed E-state index contributed by atoms with van der Waals surface area (Å²) in [5.41, 5.74) is -0.338. The first-order valence-corrected chi connectivity index (χ1v) is 8.05. The first-order valence-electron chi connectivity index (χ1n) is 8.05.